The first-order chi connectivity index (χ1) is 12.5. The molecule has 0 aliphatic carbocycles. The lowest BCUT2D eigenvalue weighted by molar-refractivity contribution is -0.122. The molecule has 7 heteroatoms. The first-order valence-electron chi connectivity index (χ1n) is 7.94. The fraction of sp³-hybridized carbons (Fsp3) is 0.158. The number of phenolic OH excluding ortho intramolecular Hbond substituents is 1. The quantitative estimate of drug-likeness (QED) is 0.772. The number of benzene rings is 2. The lowest BCUT2D eigenvalue weighted by Crippen LogP contribution is -2.28. The third-order valence-corrected chi connectivity index (χ3v) is 5.02. The van der Waals surface area contributed by atoms with Crippen molar-refractivity contribution in [3.8, 4) is 11.5 Å². The van der Waals surface area contributed by atoms with Crippen LogP contribution in [-0.2, 0) is 4.79 Å². The van der Waals surface area contributed by atoms with Gasteiger partial charge in [0.25, 0.3) is 5.91 Å². The van der Waals surface area contributed by atoms with Gasteiger partial charge in [0.15, 0.2) is 5.17 Å². The van der Waals surface area contributed by atoms with Crippen molar-refractivity contribution in [3.05, 3.63) is 58.0 Å². The molecule has 0 spiro atoms. The number of carbonyl (C=O) groups excluding carboxylic acids is 1. The van der Waals surface area contributed by atoms with E-state index in [0.717, 1.165) is 11.4 Å². The molecule has 2 aromatic rings. The average molecular weight is 389 g/mol. The second kappa shape index (κ2) is 7.85. The summed E-state index contributed by atoms with van der Waals surface area (Å²) < 4.78 is 5.14. The number of hydrogen-bond donors (Lipinski definition) is 1. The molecule has 0 bridgehead atoms. The molecule has 1 saturated heterocycles. The molecule has 0 radical (unpaired) electrons. The first-order valence-corrected chi connectivity index (χ1v) is 9.14. The highest BCUT2D eigenvalue weighted by atomic mass is 35.5. The van der Waals surface area contributed by atoms with Crippen LogP contribution in [0.1, 0.15) is 12.5 Å². The van der Waals surface area contributed by atoms with E-state index < -0.39 is 0 Å². The number of thioether (sulfide) groups is 1. The first kappa shape index (κ1) is 18.4. The van der Waals surface area contributed by atoms with Crippen LogP contribution < -0.4 is 4.74 Å². The molecule has 1 heterocycles. The smallest absolute Gasteiger partial charge is 0.266 e. The van der Waals surface area contributed by atoms with E-state index in [-0.39, 0.29) is 11.7 Å². The predicted molar refractivity (Wildman–Crippen MR) is 106 cm³/mol. The Bertz CT molecular complexity index is 894. The summed E-state index contributed by atoms with van der Waals surface area (Å²) in [4.78, 5) is 19.3. The number of ether oxygens (including phenoxy) is 1. The maximum Gasteiger partial charge on any atom is 0.266 e. The predicted octanol–water partition coefficient (Wildman–Crippen LogP) is 4.68. The van der Waals surface area contributed by atoms with E-state index in [4.69, 9.17) is 16.3 Å². The molecule has 2 aromatic carbocycles. The summed E-state index contributed by atoms with van der Waals surface area (Å²) in [6, 6.07) is 12.0. The molecule has 5 nitrogen and oxygen atoms in total. The minimum atomic E-state index is -0.149. The number of aliphatic imine (C=N–C) groups is 1. The molecule has 0 unspecified atom stereocenters. The number of amides is 1. The zero-order chi connectivity index (χ0) is 18.7. The summed E-state index contributed by atoms with van der Waals surface area (Å²) in [5, 5.41) is 11.1. The Hall–Kier alpha value is -2.44. The van der Waals surface area contributed by atoms with Crippen LogP contribution in [0.2, 0.25) is 5.02 Å². The van der Waals surface area contributed by atoms with Gasteiger partial charge in [0.2, 0.25) is 0 Å². The summed E-state index contributed by atoms with van der Waals surface area (Å²) in [7, 11) is 1.60. The Kier molecular flexibility index (Phi) is 5.54. The van der Waals surface area contributed by atoms with Gasteiger partial charge in [0.05, 0.1) is 17.7 Å². The molecule has 134 valence electrons. The van der Waals surface area contributed by atoms with Gasteiger partial charge in [-0.05, 0) is 67.2 Å². The van der Waals surface area contributed by atoms with Crippen molar-refractivity contribution < 1.29 is 14.6 Å². The molecule has 3 rings (SSSR count). The summed E-state index contributed by atoms with van der Waals surface area (Å²) in [5.41, 5.74) is 1.22. The van der Waals surface area contributed by atoms with Crippen molar-refractivity contribution in [2.45, 2.75) is 6.92 Å². The van der Waals surface area contributed by atoms with Crippen LogP contribution in [0, 0.1) is 0 Å². The average Bonchev–Trinajstić information content (AvgIpc) is 2.93. The van der Waals surface area contributed by atoms with Crippen LogP contribution in [0.3, 0.4) is 0 Å². The van der Waals surface area contributed by atoms with Crippen LogP contribution in [-0.4, -0.2) is 34.7 Å². The van der Waals surface area contributed by atoms with E-state index in [0.29, 0.717) is 27.2 Å². The number of methoxy groups -OCH3 is 1. The van der Waals surface area contributed by atoms with E-state index in [1.807, 2.05) is 31.2 Å². The number of likely N-dealkylation sites (N-methyl/N-ethyl adjacent to an activating group) is 1. The summed E-state index contributed by atoms with van der Waals surface area (Å²) >= 11 is 7.25. The van der Waals surface area contributed by atoms with Crippen molar-refractivity contribution in [1.29, 1.82) is 0 Å². The maximum absolute atomic E-state index is 12.7. The maximum atomic E-state index is 12.7. The highest BCUT2D eigenvalue weighted by Gasteiger charge is 2.32. The van der Waals surface area contributed by atoms with Crippen molar-refractivity contribution >= 4 is 46.2 Å². The summed E-state index contributed by atoms with van der Waals surface area (Å²) in [5.74, 6) is 0.663. The van der Waals surface area contributed by atoms with E-state index >= 15 is 0 Å². The second-order valence-electron chi connectivity index (χ2n) is 5.46. The fourth-order valence-electron chi connectivity index (χ4n) is 2.42. The van der Waals surface area contributed by atoms with Crippen molar-refractivity contribution in [3.63, 3.8) is 0 Å². The number of amidine groups is 1. The van der Waals surface area contributed by atoms with Crippen LogP contribution in [0.15, 0.2) is 52.4 Å². The highest BCUT2D eigenvalue weighted by Crippen LogP contribution is 2.36. The van der Waals surface area contributed by atoms with Gasteiger partial charge >= 0.3 is 0 Å². The van der Waals surface area contributed by atoms with Gasteiger partial charge in [-0.2, -0.15) is 0 Å². The van der Waals surface area contributed by atoms with E-state index in [9.17, 15) is 9.90 Å². The second-order valence-corrected chi connectivity index (χ2v) is 6.90. The zero-order valence-electron chi connectivity index (χ0n) is 14.3. The molecule has 0 saturated carbocycles. The van der Waals surface area contributed by atoms with Gasteiger partial charge in [-0.15, -0.1) is 0 Å². The number of rotatable bonds is 4. The molecule has 1 aliphatic heterocycles. The SMILES string of the molecule is CCN1C(=O)/C(=C\c2cc(Cl)ccc2O)SC1=Nc1ccc(OC)cc1. The van der Waals surface area contributed by atoms with Crippen LogP contribution >= 0.6 is 23.4 Å². The Balaban J connectivity index is 1.93. The third kappa shape index (κ3) is 3.86. The van der Waals surface area contributed by atoms with Gasteiger partial charge in [0, 0.05) is 17.1 Å². The molecular formula is C19H17ClN2O3S. The Morgan fingerprint density at radius 3 is 2.65 bits per heavy atom. The van der Waals surface area contributed by atoms with E-state index in [1.54, 1.807) is 30.2 Å². The Labute approximate surface area is 160 Å². The lowest BCUT2D eigenvalue weighted by atomic mass is 10.2. The fourth-order valence-corrected chi connectivity index (χ4v) is 3.65. The molecule has 1 fully saturated rings. The van der Waals surface area contributed by atoms with E-state index in [1.165, 1.54) is 17.8 Å². The van der Waals surface area contributed by atoms with Crippen molar-refractivity contribution in [1.82, 2.24) is 4.90 Å². The number of hydrogen-bond acceptors (Lipinski definition) is 5. The largest absolute Gasteiger partial charge is 0.507 e. The van der Waals surface area contributed by atoms with Crippen LogP contribution in [0.25, 0.3) is 6.08 Å². The van der Waals surface area contributed by atoms with E-state index in [2.05, 4.69) is 4.99 Å². The molecular weight excluding hydrogens is 372 g/mol. The number of aromatic hydroxyl groups is 1. The molecule has 1 aliphatic rings. The molecule has 1 amide bonds. The topological polar surface area (TPSA) is 62.1 Å². The van der Waals surface area contributed by atoms with Crippen LogP contribution in [0.5, 0.6) is 11.5 Å². The van der Waals surface area contributed by atoms with Crippen LogP contribution in [0.4, 0.5) is 5.69 Å². The molecule has 0 atom stereocenters. The summed E-state index contributed by atoms with van der Waals surface area (Å²) in [6.45, 7) is 2.39. The molecule has 1 N–H and O–H groups in total. The van der Waals surface area contributed by atoms with Gasteiger partial charge in [0.1, 0.15) is 11.5 Å². The van der Waals surface area contributed by atoms with Gasteiger partial charge in [-0.1, -0.05) is 11.6 Å². The zero-order valence-corrected chi connectivity index (χ0v) is 15.8. The summed E-state index contributed by atoms with van der Waals surface area (Å²) in [6.07, 6.45) is 1.63. The number of phenols is 1. The standard InChI is InChI=1S/C19H17ClN2O3S/c1-3-22-18(24)17(11-12-10-13(20)4-9-16(12)23)26-19(22)21-14-5-7-15(25-2)8-6-14/h4-11,23H,3H2,1-2H3/b17-11+,21-19?. The number of carbonyl (C=O) groups is 1. The highest BCUT2D eigenvalue weighted by molar-refractivity contribution is 8.18. The minimum absolute atomic E-state index is 0.0684. The minimum Gasteiger partial charge on any atom is -0.507 e. The van der Waals surface area contributed by atoms with Crippen molar-refractivity contribution in [2.75, 3.05) is 13.7 Å². The third-order valence-electron chi connectivity index (χ3n) is 3.78. The molecule has 26 heavy (non-hydrogen) atoms. The number of halogens is 1. The monoisotopic (exact) mass is 388 g/mol. The Morgan fingerprint density at radius 1 is 1.27 bits per heavy atom. The van der Waals surface area contributed by atoms with Gasteiger partial charge in [-0.25, -0.2) is 4.99 Å². The Morgan fingerprint density at radius 2 is 2.00 bits per heavy atom. The normalized spacial score (nSPS) is 17.3. The van der Waals surface area contributed by atoms with Gasteiger partial charge in [-0.3, -0.25) is 9.69 Å². The van der Waals surface area contributed by atoms with Crippen molar-refractivity contribution in [2.24, 2.45) is 4.99 Å². The number of nitrogens with zero attached hydrogens (tertiary/aromatic N) is 2. The van der Waals surface area contributed by atoms with Gasteiger partial charge < -0.3 is 9.84 Å². The lowest BCUT2D eigenvalue weighted by Gasteiger charge is -2.12. The molecule has 0 aromatic heterocycles.